The number of hydrogen-bond acceptors (Lipinski definition) is 4. The molecule has 0 fully saturated rings. The Hall–Kier alpha value is -3.12. The highest BCUT2D eigenvalue weighted by Crippen LogP contribution is 2.38. The van der Waals surface area contributed by atoms with Crippen molar-refractivity contribution >= 4 is 21.8 Å². The lowest BCUT2D eigenvalue weighted by Crippen LogP contribution is -2.39. The summed E-state index contributed by atoms with van der Waals surface area (Å²) >= 11 is 0. The van der Waals surface area contributed by atoms with Gasteiger partial charge in [-0.3, -0.25) is 4.98 Å². The molecule has 1 N–H and O–H groups in total. The number of nitrogens with one attached hydrogen (secondary N) is 1. The standard InChI is InChI=1S/C24H24FN3O2/c1-16-3-6-20-21(27-16)7-8-23-24(20)30-19(15-29-23)14-26-10-2-11-28-12-9-17-4-5-18(25)13-22(17)28/h3-9,12-13,19,26H,2,10-11,14-15H2,1H3/t19-/m0/s1. The maximum Gasteiger partial charge on any atom is 0.171 e. The first-order valence-electron chi connectivity index (χ1n) is 10.3. The van der Waals surface area contributed by atoms with E-state index in [-0.39, 0.29) is 11.9 Å². The number of aryl methyl sites for hydroxylation is 2. The highest BCUT2D eigenvalue weighted by atomic mass is 19.1. The minimum atomic E-state index is -0.201. The van der Waals surface area contributed by atoms with Crippen molar-refractivity contribution < 1.29 is 13.9 Å². The molecule has 154 valence electrons. The quantitative estimate of drug-likeness (QED) is 0.481. The van der Waals surface area contributed by atoms with Gasteiger partial charge in [0, 0.05) is 30.4 Å². The number of benzene rings is 2. The zero-order chi connectivity index (χ0) is 20.5. The number of fused-ring (bicyclic) bond motifs is 4. The highest BCUT2D eigenvalue weighted by Gasteiger charge is 2.23. The van der Waals surface area contributed by atoms with Crippen molar-refractivity contribution in [1.82, 2.24) is 14.9 Å². The molecule has 0 spiro atoms. The van der Waals surface area contributed by atoms with E-state index in [1.165, 1.54) is 6.07 Å². The summed E-state index contributed by atoms with van der Waals surface area (Å²) in [5.41, 5.74) is 2.84. The number of ether oxygens (including phenoxy) is 2. The van der Waals surface area contributed by atoms with Crippen LogP contribution in [0.25, 0.3) is 21.8 Å². The third kappa shape index (κ3) is 3.71. The molecule has 0 aliphatic carbocycles. The Morgan fingerprint density at radius 2 is 2.10 bits per heavy atom. The summed E-state index contributed by atoms with van der Waals surface area (Å²) in [5.74, 6) is 1.35. The van der Waals surface area contributed by atoms with E-state index >= 15 is 0 Å². The number of nitrogens with zero attached hydrogens (tertiary/aromatic N) is 2. The first kappa shape index (κ1) is 18.9. The van der Waals surface area contributed by atoms with E-state index in [9.17, 15) is 4.39 Å². The molecule has 6 heteroatoms. The van der Waals surface area contributed by atoms with E-state index in [2.05, 4.69) is 14.9 Å². The molecule has 2 aromatic heterocycles. The van der Waals surface area contributed by atoms with Gasteiger partial charge in [-0.15, -0.1) is 0 Å². The molecule has 4 aromatic rings. The summed E-state index contributed by atoms with van der Waals surface area (Å²) in [6.07, 6.45) is 2.90. The molecular weight excluding hydrogens is 381 g/mol. The fraction of sp³-hybridized carbons (Fsp3) is 0.292. The van der Waals surface area contributed by atoms with Gasteiger partial charge in [0.15, 0.2) is 11.5 Å². The Kier molecular flexibility index (Phi) is 5.01. The third-order valence-corrected chi connectivity index (χ3v) is 5.49. The van der Waals surface area contributed by atoms with Gasteiger partial charge >= 0.3 is 0 Å². The molecular formula is C24H24FN3O2. The Labute approximate surface area is 174 Å². The van der Waals surface area contributed by atoms with Crippen LogP contribution < -0.4 is 14.8 Å². The number of pyridine rings is 1. The average molecular weight is 405 g/mol. The zero-order valence-corrected chi connectivity index (χ0v) is 16.9. The van der Waals surface area contributed by atoms with Gasteiger partial charge in [-0.1, -0.05) is 0 Å². The molecule has 0 saturated carbocycles. The number of hydrogen-bond donors (Lipinski definition) is 1. The van der Waals surface area contributed by atoms with Crippen molar-refractivity contribution in [3.63, 3.8) is 0 Å². The summed E-state index contributed by atoms with van der Waals surface area (Å²) in [5, 5.41) is 5.50. The third-order valence-electron chi connectivity index (χ3n) is 5.49. The Morgan fingerprint density at radius 3 is 3.03 bits per heavy atom. The molecule has 0 amide bonds. The Bertz CT molecular complexity index is 1200. The molecule has 1 atom stereocenters. The maximum absolute atomic E-state index is 13.5. The van der Waals surface area contributed by atoms with E-state index in [1.807, 2.05) is 49.5 Å². The summed E-state index contributed by atoms with van der Waals surface area (Å²) in [7, 11) is 0. The van der Waals surface area contributed by atoms with E-state index in [4.69, 9.17) is 9.47 Å². The monoisotopic (exact) mass is 405 g/mol. The van der Waals surface area contributed by atoms with Gasteiger partial charge in [0.25, 0.3) is 0 Å². The fourth-order valence-corrected chi connectivity index (χ4v) is 3.97. The van der Waals surface area contributed by atoms with Crippen LogP contribution in [0, 0.1) is 12.7 Å². The second-order valence-electron chi connectivity index (χ2n) is 7.73. The van der Waals surface area contributed by atoms with Crippen molar-refractivity contribution in [2.75, 3.05) is 19.7 Å². The van der Waals surface area contributed by atoms with Crippen LogP contribution in [-0.2, 0) is 6.54 Å². The van der Waals surface area contributed by atoms with Crippen LogP contribution in [0.1, 0.15) is 12.1 Å². The first-order valence-corrected chi connectivity index (χ1v) is 10.3. The molecule has 1 aliphatic heterocycles. The van der Waals surface area contributed by atoms with Crippen LogP contribution in [0.4, 0.5) is 4.39 Å². The second-order valence-corrected chi connectivity index (χ2v) is 7.73. The van der Waals surface area contributed by atoms with Crippen molar-refractivity contribution in [2.24, 2.45) is 0 Å². The van der Waals surface area contributed by atoms with Crippen LogP contribution in [0.2, 0.25) is 0 Å². The minimum absolute atomic E-state index is 0.0501. The van der Waals surface area contributed by atoms with Gasteiger partial charge in [0.1, 0.15) is 18.5 Å². The van der Waals surface area contributed by atoms with Crippen LogP contribution in [0.15, 0.2) is 54.7 Å². The lowest BCUT2D eigenvalue weighted by Gasteiger charge is -2.27. The maximum atomic E-state index is 13.5. The predicted octanol–water partition coefficient (Wildman–Crippen LogP) is 4.46. The second kappa shape index (κ2) is 7.95. The van der Waals surface area contributed by atoms with Gasteiger partial charge in [-0.25, -0.2) is 4.39 Å². The zero-order valence-electron chi connectivity index (χ0n) is 16.9. The van der Waals surface area contributed by atoms with Crippen LogP contribution >= 0.6 is 0 Å². The summed E-state index contributed by atoms with van der Waals surface area (Å²) < 4.78 is 27.8. The van der Waals surface area contributed by atoms with Crippen molar-refractivity contribution in [1.29, 1.82) is 0 Å². The van der Waals surface area contributed by atoms with Gasteiger partial charge in [0.2, 0.25) is 0 Å². The number of rotatable bonds is 6. The molecule has 30 heavy (non-hydrogen) atoms. The lowest BCUT2D eigenvalue weighted by atomic mass is 10.1. The van der Waals surface area contributed by atoms with Gasteiger partial charge in [0.05, 0.1) is 11.0 Å². The normalized spacial score (nSPS) is 15.7. The average Bonchev–Trinajstić information content (AvgIpc) is 3.15. The van der Waals surface area contributed by atoms with E-state index in [0.29, 0.717) is 13.2 Å². The summed E-state index contributed by atoms with van der Waals surface area (Å²) in [4.78, 5) is 4.57. The largest absolute Gasteiger partial charge is 0.486 e. The van der Waals surface area contributed by atoms with E-state index < -0.39 is 0 Å². The number of aromatic nitrogens is 2. The molecule has 3 heterocycles. The fourth-order valence-electron chi connectivity index (χ4n) is 3.97. The Balaban J connectivity index is 1.16. The van der Waals surface area contributed by atoms with Gasteiger partial charge < -0.3 is 19.4 Å². The van der Waals surface area contributed by atoms with E-state index in [0.717, 1.165) is 58.5 Å². The summed E-state index contributed by atoms with van der Waals surface area (Å²) in [6.45, 7) is 4.89. The summed E-state index contributed by atoms with van der Waals surface area (Å²) in [6, 6.07) is 14.9. The molecule has 0 saturated heterocycles. The minimum Gasteiger partial charge on any atom is -0.486 e. The molecule has 0 radical (unpaired) electrons. The Morgan fingerprint density at radius 1 is 1.17 bits per heavy atom. The van der Waals surface area contributed by atoms with Crippen LogP contribution in [0.5, 0.6) is 11.5 Å². The highest BCUT2D eigenvalue weighted by molar-refractivity contribution is 5.88. The lowest BCUT2D eigenvalue weighted by molar-refractivity contribution is 0.0925. The van der Waals surface area contributed by atoms with Crippen molar-refractivity contribution in [2.45, 2.75) is 26.0 Å². The van der Waals surface area contributed by atoms with Gasteiger partial charge in [-0.2, -0.15) is 0 Å². The topological polar surface area (TPSA) is 48.3 Å². The molecule has 0 unspecified atom stereocenters. The van der Waals surface area contributed by atoms with Crippen molar-refractivity contribution in [3.8, 4) is 11.5 Å². The SMILES string of the molecule is Cc1ccc2c3c(ccc2n1)OC[C@H](CNCCCn1ccc2ccc(F)cc21)O3. The number of halogens is 1. The smallest absolute Gasteiger partial charge is 0.171 e. The molecule has 5 rings (SSSR count). The van der Waals surface area contributed by atoms with Gasteiger partial charge in [-0.05, 0) is 73.8 Å². The van der Waals surface area contributed by atoms with Crippen LogP contribution in [0.3, 0.4) is 0 Å². The molecule has 1 aliphatic rings. The van der Waals surface area contributed by atoms with Crippen LogP contribution in [-0.4, -0.2) is 35.4 Å². The molecule has 5 nitrogen and oxygen atoms in total. The van der Waals surface area contributed by atoms with E-state index in [1.54, 1.807) is 6.07 Å². The van der Waals surface area contributed by atoms with Crippen molar-refractivity contribution in [3.05, 3.63) is 66.2 Å². The molecule has 2 aromatic carbocycles. The predicted molar refractivity (Wildman–Crippen MR) is 116 cm³/mol. The molecule has 0 bridgehead atoms. The first-order chi connectivity index (χ1) is 14.7.